The molecule has 2 N–H and O–H groups in total. The summed E-state index contributed by atoms with van der Waals surface area (Å²) in [5, 5.41) is 6.93. The molecular weight excluding hydrogens is 294 g/mol. The van der Waals surface area contributed by atoms with Crippen LogP contribution in [0.15, 0.2) is 48.5 Å². The fraction of sp³-hybridized carbons (Fsp3) is 0.368. The zero-order valence-electron chi connectivity index (χ0n) is 13.1. The van der Waals surface area contributed by atoms with E-state index >= 15 is 0 Å². The molecule has 1 fully saturated rings. The second-order valence-corrected chi connectivity index (χ2v) is 6.05. The van der Waals surface area contributed by atoms with Crippen LogP contribution in [-0.2, 0) is 6.54 Å². The van der Waals surface area contributed by atoms with Crippen molar-refractivity contribution in [1.82, 2.24) is 10.6 Å². The van der Waals surface area contributed by atoms with Crippen LogP contribution in [-0.4, -0.2) is 19.1 Å². The van der Waals surface area contributed by atoms with E-state index in [2.05, 4.69) is 22.8 Å². The molecule has 2 aromatic rings. The lowest BCUT2D eigenvalue weighted by Gasteiger charge is -2.12. The number of hydrogen-bond acceptors (Lipinski definition) is 2. The standard InChI is InChI=1S/C19H22F2N2/c20-19(21)17-4-1-3-16(11-17)15-8-6-14(7-9-15)12-22-13-18-5-2-10-23-18/h1,3-4,6-9,11,18-19,22-23H,2,5,10,12-13H2. The molecule has 0 radical (unpaired) electrons. The lowest BCUT2D eigenvalue weighted by molar-refractivity contribution is 0.151. The molecule has 0 bridgehead atoms. The van der Waals surface area contributed by atoms with E-state index in [4.69, 9.17) is 0 Å². The first-order valence-corrected chi connectivity index (χ1v) is 8.14. The highest BCUT2D eigenvalue weighted by Gasteiger charge is 2.12. The van der Waals surface area contributed by atoms with Crippen molar-refractivity contribution in [3.8, 4) is 11.1 Å². The quantitative estimate of drug-likeness (QED) is 0.837. The summed E-state index contributed by atoms with van der Waals surface area (Å²) in [4.78, 5) is 0. The number of rotatable bonds is 6. The minimum Gasteiger partial charge on any atom is -0.313 e. The normalized spacial score (nSPS) is 17.8. The summed E-state index contributed by atoms with van der Waals surface area (Å²) in [6.45, 7) is 2.94. The van der Waals surface area contributed by atoms with Gasteiger partial charge in [0.15, 0.2) is 0 Å². The molecule has 1 heterocycles. The van der Waals surface area contributed by atoms with E-state index in [1.54, 1.807) is 12.1 Å². The zero-order chi connectivity index (χ0) is 16.1. The number of alkyl halides is 2. The van der Waals surface area contributed by atoms with Crippen LogP contribution in [0.1, 0.15) is 30.4 Å². The van der Waals surface area contributed by atoms with Gasteiger partial charge in [-0.25, -0.2) is 8.78 Å². The summed E-state index contributed by atoms with van der Waals surface area (Å²) in [5.74, 6) is 0. The van der Waals surface area contributed by atoms with Crippen molar-refractivity contribution in [1.29, 1.82) is 0 Å². The van der Waals surface area contributed by atoms with Crippen LogP contribution in [0.4, 0.5) is 8.78 Å². The topological polar surface area (TPSA) is 24.1 Å². The molecule has 3 rings (SSSR count). The van der Waals surface area contributed by atoms with Gasteiger partial charge < -0.3 is 10.6 Å². The Morgan fingerprint density at radius 2 is 1.91 bits per heavy atom. The molecule has 0 saturated carbocycles. The van der Waals surface area contributed by atoms with Crippen molar-refractivity contribution < 1.29 is 8.78 Å². The maximum absolute atomic E-state index is 12.8. The summed E-state index contributed by atoms with van der Waals surface area (Å²) < 4.78 is 25.6. The van der Waals surface area contributed by atoms with Crippen LogP contribution >= 0.6 is 0 Å². The van der Waals surface area contributed by atoms with Gasteiger partial charge >= 0.3 is 0 Å². The molecule has 0 amide bonds. The lowest BCUT2D eigenvalue weighted by atomic mass is 10.0. The Morgan fingerprint density at radius 3 is 2.61 bits per heavy atom. The first-order valence-electron chi connectivity index (χ1n) is 8.14. The zero-order valence-corrected chi connectivity index (χ0v) is 13.1. The molecule has 2 nitrogen and oxygen atoms in total. The van der Waals surface area contributed by atoms with Crippen molar-refractivity contribution in [3.05, 3.63) is 59.7 Å². The van der Waals surface area contributed by atoms with E-state index in [0.717, 1.165) is 30.8 Å². The molecule has 0 spiro atoms. The molecule has 1 unspecified atom stereocenters. The van der Waals surface area contributed by atoms with Crippen molar-refractivity contribution >= 4 is 0 Å². The minimum atomic E-state index is -2.43. The van der Waals surface area contributed by atoms with Crippen molar-refractivity contribution in [2.45, 2.75) is 31.9 Å². The van der Waals surface area contributed by atoms with Crippen molar-refractivity contribution in [3.63, 3.8) is 0 Å². The van der Waals surface area contributed by atoms with Crippen molar-refractivity contribution in [2.75, 3.05) is 13.1 Å². The van der Waals surface area contributed by atoms with E-state index in [1.807, 2.05) is 18.2 Å². The minimum absolute atomic E-state index is 0.0670. The molecule has 1 aliphatic heterocycles. The van der Waals surface area contributed by atoms with Crippen LogP contribution in [0.5, 0.6) is 0 Å². The van der Waals surface area contributed by atoms with Gasteiger partial charge in [-0.1, -0.05) is 42.5 Å². The van der Waals surface area contributed by atoms with E-state index in [1.165, 1.54) is 24.5 Å². The van der Waals surface area contributed by atoms with Gasteiger partial charge in [0.2, 0.25) is 0 Å². The van der Waals surface area contributed by atoms with E-state index in [-0.39, 0.29) is 5.56 Å². The predicted octanol–water partition coefficient (Wildman–Crippen LogP) is 4.13. The highest BCUT2D eigenvalue weighted by Crippen LogP contribution is 2.25. The van der Waals surface area contributed by atoms with Crippen LogP contribution < -0.4 is 10.6 Å². The largest absolute Gasteiger partial charge is 0.313 e. The molecule has 23 heavy (non-hydrogen) atoms. The maximum atomic E-state index is 12.8. The number of hydrogen-bond donors (Lipinski definition) is 2. The van der Waals surface area contributed by atoms with E-state index in [9.17, 15) is 8.78 Å². The average molecular weight is 316 g/mol. The summed E-state index contributed by atoms with van der Waals surface area (Å²) in [5.41, 5.74) is 3.07. The maximum Gasteiger partial charge on any atom is 0.263 e. The van der Waals surface area contributed by atoms with Crippen LogP contribution in [0.3, 0.4) is 0 Å². The first kappa shape index (κ1) is 16.1. The van der Waals surface area contributed by atoms with Crippen LogP contribution in [0.2, 0.25) is 0 Å². The highest BCUT2D eigenvalue weighted by molar-refractivity contribution is 5.64. The Bertz CT molecular complexity index is 620. The molecule has 0 aromatic heterocycles. The molecule has 1 saturated heterocycles. The van der Waals surface area contributed by atoms with Gasteiger partial charge in [-0.05, 0) is 42.1 Å². The molecule has 122 valence electrons. The fourth-order valence-corrected chi connectivity index (χ4v) is 2.99. The number of halogens is 2. The first-order chi connectivity index (χ1) is 11.2. The van der Waals surface area contributed by atoms with E-state index < -0.39 is 6.43 Å². The Balaban J connectivity index is 1.59. The Hall–Kier alpha value is -1.78. The monoisotopic (exact) mass is 316 g/mol. The molecule has 4 heteroatoms. The van der Waals surface area contributed by atoms with Crippen molar-refractivity contribution in [2.24, 2.45) is 0 Å². The second kappa shape index (κ2) is 7.66. The summed E-state index contributed by atoms with van der Waals surface area (Å²) in [6.07, 6.45) is 0.0770. The molecule has 2 aromatic carbocycles. The molecule has 1 aliphatic rings. The molecule has 0 aliphatic carbocycles. The van der Waals surface area contributed by atoms with Gasteiger partial charge in [-0.15, -0.1) is 0 Å². The smallest absolute Gasteiger partial charge is 0.263 e. The third kappa shape index (κ3) is 4.36. The number of nitrogens with one attached hydrogen (secondary N) is 2. The summed E-state index contributed by atoms with van der Waals surface area (Å²) in [7, 11) is 0. The van der Waals surface area contributed by atoms with Gasteiger partial charge in [-0.2, -0.15) is 0 Å². The molecule has 1 atom stereocenters. The third-order valence-corrected chi connectivity index (χ3v) is 4.31. The van der Waals surface area contributed by atoms with Gasteiger partial charge in [0.05, 0.1) is 0 Å². The van der Waals surface area contributed by atoms with Gasteiger partial charge in [0.1, 0.15) is 0 Å². The fourth-order valence-electron chi connectivity index (χ4n) is 2.99. The average Bonchev–Trinajstić information content (AvgIpc) is 3.09. The van der Waals surface area contributed by atoms with Crippen LogP contribution in [0, 0.1) is 0 Å². The lowest BCUT2D eigenvalue weighted by Crippen LogP contribution is -2.33. The molecular formula is C19H22F2N2. The van der Waals surface area contributed by atoms with Gasteiger partial charge in [-0.3, -0.25) is 0 Å². The Labute approximate surface area is 135 Å². The van der Waals surface area contributed by atoms with Crippen LogP contribution in [0.25, 0.3) is 11.1 Å². The van der Waals surface area contributed by atoms with E-state index in [0.29, 0.717) is 6.04 Å². The summed E-state index contributed by atoms with van der Waals surface area (Å²) >= 11 is 0. The highest BCUT2D eigenvalue weighted by atomic mass is 19.3. The summed E-state index contributed by atoms with van der Waals surface area (Å²) in [6, 6.07) is 15.3. The second-order valence-electron chi connectivity index (χ2n) is 6.05. The third-order valence-electron chi connectivity index (χ3n) is 4.31. The SMILES string of the molecule is FC(F)c1cccc(-c2ccc(CNCC3CCCN3)cc2)c1. The Morgan fingerprint density at radius 1 is 1.09 bits per heavy atom. The predicted molar refractivity (Wildman–Crippen MR) is 89.6 cm³/mol. The number of benzene rings is 2. The van der Waals surface area contributed by atoms with Gasteiger partial charge in [0, 0.05) is 24.7 Å². The Kier molecular flexibility index (Phi) is 5.36. The van der Waals surface area contributed by atoms with Gasteiger partial charge in [0.25, 0.3) is 6.43 Å².